The Bertz CT molecular complexity index is 1120. The van der Waals surface area contributed by atoms with Crippen LogP contribution in [0.1, 0.15) is 29.7 Å². The first kappa shape index (κ1) is 14.8. The monoisotopic (exact) mass is 347 g/mol. The predicted octanol–water partition coefficient (Wildman–Crippen LogP) is 4.42. The van der Waals surface area contributed by atoms with Gasteiger partial charge in [-0.15, -0.1) is 0 Å². The third-order valence-electron chi connectivity index (χ3n) is 4.91. The van der Waals surface area contributed by atoms with E-state index in [4.69, 9.17) is 4.99 Å². The first-order chi connectivity index (χ1) is 12.2. The average molecular weight is 347 g/mol. The number of aryl methyl sites for hydroxylation is 1. The number of aromatic nitrogens is 2. The zero-order valence-corrected chi connectivity index (χ0v) is 14.7. The fourth-order valence-electron chi connectivity index (χ4n) is 3.38. The zero-order chi connectivity index (χ0) is 17.0. The van der Waals surface area contributed by atoms with Gasteiger partial charge in [0, 0.05) is 24.2 Å². The second kappa shape index (κ2) is 5.49. The van der Waals surface area contributed by atoms with Gasteiger partial charge in [0.05, 0.1) is 21.6 Å². The molecule has 0 amide bonds. The molecule has 1 aliphatic carbocycles. The molecule has 2 aromatic heterocycles. The average Bonchev–Trinajstić information content (AvgIpc) is 3.37. The number of hydrogen-bond donors (Lipinski definition) is 1. The molecule has 1 aliphatic heterocycles. The van der Waals surface area contributed by atoms with Crippen molar-refractivity contribution in [3.8, 4) is 0 Å². The SMILES string of the molecule is Cc1ccnc2c1N=C(C1CC1)C=C(c1ccc3[nH]c(=O)sc3c1)C2. The van der Waals surface area contributed by atoms with Crippen molar-refractivity contribution in [3.63, 3.8) is 0 Å². The van der Waals surface area contributed by atoms with Crippen LogP contribution in [0.15, 0.2) is 46.3 Å². The van der Waals surface area contributed by atoms with Gasteiger partial charge in [-0.2, -0.15) is 0 Å². The molecule has 1 aromatic carbocycles. The summed E-state index contributed by atoms with van der Waals surface area (Å²) in [5.74, 6) is 0.576. The number of benzene rings is 1. The highest BCUT2D eigenvalue weighted by atomic mass is 32.1. The van der Waals surface area contributed by atoms with E-state index in [2.05, 4.69) is 35.1 Å². The minimum atomic E-state index is -0.00938. The van der Waals surface area contributed by atoms with Crippen LogP contribution in [0, 0.1) is 12.8 Å². The summed E-state index contributed by atoms with van der Waals surface area (Å²) in [6.07, 6.45) is 7.31. The summed E-state index contributed by atoms with van der Waals surface area (Å²) in [6.45, 7) is 2.10. The number of nitrogens with one attached hydrogen (secondary N) is 1. The number of thiazole rings is 1. The molecule has 25 heavy (non-hydrogen) atoms. The van der Waals surface area contributed by atoms with Crippen LogP contribution in [-0.4, -0.2) is 15.7 Å². The lowest BCUT2D eigenvalue weighted by Crippen LogP contribution is -1.97. The van der Waals surface area contributed by atoms with E-state index in [1.165, 1.54) is 41.0 Å². The van der Waals surface area contributed by atoms with Crippen LogP contribution in [0.5, 0.6) is 0 Å². The second-order valence-corrected chi connectivity index (χ2v) is 7.82. The van der Waals surface area contributed by atoms with Crippen molar-refractivity contribution in [2.75, 3.05) is 0 Å². The summed E-state index contributed by atoms with van der Waals surface area (Å²) < 4.78 is 0.995. The third-order valence-corrected chi connectivity index (χ3v) is 5.76. The Morgan fingerprint density at radius 1 is 1.24 bits per heavy atom. The molecule has 3 heterocycles. The molecule has 1 fully saturated rings. The lowest BCUT2D eigenvalue weighted by Gasteiger charge is -2.08. The molecule has 5 rings (SSSR count). The third kappa shape index (κ3) is 2.65. The molecule has 1 N–H and O–H groups in total. The molecule has 0 bridgehead atoms. The van der Waals surface area contributed by atoms with Gasteiger partial charge in [0.1, 0.15) is 0 Å². The van der Waals surface area contributed by atoms with Gasteiger partial charge in [-0.3, -0.25) is 14.8 Å². The topological polar surface area (TPSA) is 58.1 Å². The molecule has 0 atom stereocenters. The van der Waals surface area contributed by atoms with Crippen molar-refractivity contribution in [2.24, 2.45) is 10.9 Å². The zero-order valence-electron chi connectivity index (χ0n) is 13.9. The van der Waals surface area contributed by atoms with Crippen molar-refractivity contribution in [1.82, 2.24) is 9.97 Å². The Hall–Kier alpha value is -2.53. The molecule has 1 saturated carbocycles. The number of allylic oxidation sites excluding steroid dienone is 2. The molecular weight excluding hydrogens is 330 g/mol. The van der Waals surface area contributed by atoms with Crippen LogP contribution in [-0.2, 0) is 6.42 Å². The van der Waals surface area contributed by atoms with E-state index in [1.54, 1.807) is 0 Å². The van der Waals surface area contributed by atoms with E-state index in [0.29, 0.717) is 5.92 Å². The summed E-state index contributed by atoms with van der Waals surface area (Å²) in [6, 6.07) is 8.21. The molecule has 3 aromatic rings. The van der Waals surface area contributed by atoms with Gasteiger partial charge in [0.15, 0.2) is 0 Å². The lowest BCUT2D eigenvalue weighted by atomic mass is 9.98. The number of aliphatic imine (C=N–C) groups is 1. The summed E-state index contributed by atoms with van der Waals surface area (Å²) in [7, 11) is 0. The van der Waals surface area contributed by atoms with Crippen LogP contribution in [0.3, 0.4) is 0 Å². The number of hydrogen-bond acceptors (Lipinski definition) is 4. The minimum absolute atomic E-state index is 0.00938. The summed E-state index contributed by atoms with van der Waals surface area (Å²) >= 11 is 1.26. The minimum Gasteiger partial charge on any atom is -0.312 e. The lowest BCUT2D eigenvalue weighted by molar-refractivity contribution is 1.10. The van der Waals surface area contributed by atoms with Crippen molar-refractivity contribution in [3.05, 3.63) is 63.0 Å². The molecule has 0 saturated heterocycles. The van der Waals surface area contributed by atoms with Crippen molar-refractivity contribution >= 4 is 38.5 Å². The van der Waals surface area contributed by atoms with Crippen LogP contribution in [0.2, 0.25) is 0 Å². The molecule has 0 radical (unpaired) electrons. The molecule has 0 unspecified atom stereocenters. The maximum atomic E-state index is 11.6. The van der Waals surface area contributed by atoms with E-state index < -0.39 is 0 Å². The van der Waals surface area contributed by atoms with Crippen LogP contribution >= 0.6 is 11.3 Å². The Kier molecular flexibility index (Phi) is 3.25. The predicted molar refractivity (Wildman–Crippen MR) is 103 cm³/mol. The number of nitrogens with zero attached hydrogens (tertiary/aromatic N) is 2. The van der Waals surface area contributed by atoms with Gasteiger partial charge in [-0.1, -0.05) is 17.4 Å². The Morgan fingerprint density at radius 2 is 2.12 bits per heavy atom. The number of fused-ring (bicyclic) bond motifs is 2. The molecule has 0 spiro atoms. The van der Waals surface area contributed by atoms with Crippen molar-refractivity contribution < 1.29 is 0 Å². The fraction of sp³-hybridized carbons (Fsp3) is 0.250. The number of rotatable bonds is 2. The number of H-pyrrole nitrogens is 1. The van der Waals surface area contributed by atoms with Gasteiger partial charge in [0.25, 0.3) is 0 Å². The van der Waals surface area contributed by atoms with E-state index in [0.717, 1.165) is 33.6 Å². The van der Waals surface area contributed by atoms with Crippen molar-refractivity contribution in [1.29, 1.82) is 0 Å². The Labute approximate surface area is 149 Å². The molecule has 2 aliphatic rings. The van der Waals surface area contributed by atoms with Gasteiger partial charge in [-0.05, 0) is 60.7 Å². The van der Waals surface area contributed by atoms with E-state index in [9.17, 15) is 4.79 Å². The standard InChI is InChI=1S/C20H17N3OS/c1-11-6-7-21-17-9-14(8-16(12-2-3-12)22-19(11)17)13-4-5-15-18(10-13)25-20(24)23-15/h4-8,10,12H,2-3,9H2,1H3,(H,23,24). The van der Waals surface area contributed by atoms with Gasteiger partial charge in [-0.25, -0.2) is 0 Å². The Morgan fingerprint density at radius 3 is 2.96 bits per heavy atom. The van der Waals surface area contributed by atoms with Gasteiger partial charge < -0.3 is 4.98 Å². The first-order valence-electron chi connectivity index (χ1n) is 8.54. The van der Waals surface area contributed by atoms with Crippen LogP contribution in [0.25, 0.3) is 15.8 Å². The normalized spacial score (nSPS) is 17.0. The smallest absolute Gasteiger partial charge is 0.305 e. The number of pyridine rings is 1. The molecule has 124 valence electrons. The van der Waals surface area contributed by atoms with E-state index in [-0.39, 0.29) is 4.87 Å². The molecular formula is C20H17N3OS. The second-order valence-electron chi connectivity index (χ2n) is 6.81. The first-order valence-corrected chi connectivity index (χ1v) is 9.36. The number of aromatic amines is 1. The quantitative estimate of drug-likeness (QED) is 0.746. The van der Waals surface area contributed by atoms with Gasteiger partial charge in [0.2, 0.25) is 0 Å². The highest BCUT2D eigenvalue weighted by Gasteiger charge is 2.28. The summed E-state index contributed by atoms with van der Waals surface area (Å²) in [5, 5.41) is 0. The van der Waals surface area contributed by atoms with Crippen molar-refractivity contribution in [2.45, 2.75) is 26.2 Å². The van der Waals surface area contributed by atoms with Crippen LogP contribution in [0.4, 0.5) is 5.69 Å². The maximum absolute atomic E-state index is 11.6. The highest BCUT2D eigenvalue weighted by molar-refractivity contribution is 7.16. The molecule has 5 heteroatoms. The summed E-state index contributed by atoms with van der Waals surface area (Å²) in [4.78, 5) is 24.0. The van der Waals surface area contributed by atoms with E-state index >= 15 is 0 Å². The highest BCUT2D eigenvalue weighted by Crippen LogP contribution is 2.38. The molecule has 4 nitrogen and oxygen atoms in total. The Balaban J connectivity index is 1.66. The maximum Gasteiger partial charge on any atom is 0.305 e. The fourth-order valence-corrected chi connectivity index (χ4v) is 4.15. The van der Waals surface area contributed by atoms with Crippen LogP contribution < -0.4 is 4.87 Å². The van der Waals surface area contributed by atoms with E-state index in [1.807, 2.05) is 18.3 Å². The summed E-state index contributed by atoms with van der Waals surface area (Å²) in [5.41, 5.74) is 7.69. The van der Waals surface area contributed by atoms with Gasteiger partial charge >= 0.3 is 4.87 Å². The largest absolute Gasteiger partial charge is 0.312 e.